The molecular formula is C18H23ClN4O2. The van der Waals surface area contributed by atoms with Crippen molar-refractivity contribution in [3.8, 4) is 5.75 Å². The SMILES string of the molecule is C[C@H](Cn1cccn1)NC(=O)C1(Oc2ccc(Cl)cc2)CCNCC1. The van der Waals surface area contributed by atoms with E-state index in [2.05, 4.69) is 15.7 Å². The molecule has 1 amide bonds. The number of ether oxygens (including phenoxy) is 1. The van der Waals surface area contributed by atoms with Gasteiger partial charge in [-0.25, -0.2) is 0 Å². The van der Waals surface area contributed by atoms with Crippen LogP contribution in [0.5, 0.6) is 5.75 Å². The third-order valence-corrected chi connectivity index (χ3v) is 4.60. The van der Waals surface area contributed by atoms with E-state index in [9.17, 15) is 4.79 Å². The molecule has 0 aliphatic carbocycles. The highest BCUT2D eigenvalue weighted by Gasteiger charge is 2.42. The molecule has 1 aromatic carbocycles. The van der Waals surface area contributed by atoms with Gasteiger partial charge in [-0.3, -0.25) is 9.48 Å². The minimum absolute atomic E-state index is 0.0482. The Morgan fingerprint density at radius 2 is 2.12 bits per heavy atom. The molecule has 3 rings (SSSR count). The van der Waals surface area contributed by atoms with Crippen molar-refractivity contribution < 1.29 is 9.53 Å². The van der Waals surface area contributed by atoms with Gasteiger partial charge < -0.3 is 15.4 Å². The molecule has 0 unspecified atom stereocenters. The Kier molecular flexibility index (Phi) is 5.60. The van der Waals surface area contributed by atoms with Crippen LogP contribution in [0.1, 0.15) is 19.8 Å². The second-order valence-electron chi connectivity index (χ2n) is 6.40. The topological polar surface area (TPSA) is 68.2 Å². The van der Waals surface area contributed by atoms with Crippen LogP contribution < -0.4 is 15.4 Å². The summed E-state index contributed by atoms with van der Waals surface area (Å²) in [5.41, 5.74) is -0.864. The van der Waals surface area contributed by atoms with Crippen LogP contribution in [0.3, 0.4) is 0 Å². The number of aromatic nitrogens is 2. The third kappa shape index (κ3) is 4.52. The summed E-state index contributed by atoms with van der Waals surface area (Å²) < 4.78 is 7.97. The fourth-order valence-electron chi connectivity index (χ4n) is 3.02. The van der Waals surface area contributed by atoms with Crippen LogP contribution in [0.4, 0.5) is 0 Å². The van der Waals surface area contributed by atoms with Crippen LogP contribution in [0.15, 0.2) is 42.7 Å². The zero-order valence-corrected chi connectivity index (χ0v) is 15.0. The molecule has 25 heavy (non-hydrogen) atoms. The maximum Gasteiger partial charge on any atom is 0.264 e. The van der Waals surface area contributed by atoms with Crippen molar-refractivity contribution >= 4 is 17.5 Å². The number of carbonyl (C=O) groups excluding carboxylic acids is 1. The first-order valence-corrected chi connectivity index (χ1v) is 8.89. The van der Waals surface area contributed by atoms with Crippen molar-refractivity contribution in [2.75, 3.05) is 13.1 Å². The average molecular weight is 363 g/mol. The number of piperidine rings is 1. The summed E-state index contributed by atoms with van der Waals surface area (Å²) in [5.74, 6) is 0.574. The van der Waals surface area contributed by atoms with E-state index in [1.165, 1.54) is 0 Å². The molecule has 1 aromatic heterocycles. The number of carbonyl (C=O) groups is 1. The van der Waals surface area contributed by atoms with Crippen molar-refractivity contribution in [3.05, 3.63) is 47.7 Å². The lowest BCUT2D eigenvalue weighted by atomic mass is 9.90. The van der Waals surface area contributed by atoms with Gasteiger partial charge in [0, 0.05) is 36.3 Å². The van der Waals surface area contributed by atoms with Gasteiger partial charge in [0.1, 0.15) is 5.75 Å². The van der Waals surface area contributed by atoms with Gasteiger partial charge in [-0.2, -0.15) is 5.10 Å². The summed E-state index contributed by atoms with van der Waals surface area (Å²) in [5, 5.41) is 11.2. The Hall–Kier alpha value is -2.05. The van der Waals surface area contributed by atoms with Crippen molar-refractivity contribution in [3.63, 3.8) is 0 Å². The van der Waals surface area contributed by atoms with E-state index in [1.54, 1.807) is 35.1 Å². The Balaban J connectivity index is 1.70. The van der Waals surface area contributed by atoms with Crippen LogP contribution in [-0.4, -0.2) is 40.4 Å². The van der Waals surface area contributed by atoms with Crippen molar-refractivity contribution in [2.24, 2.45) is 0 Å². The summed E-state index contributed by atoms with van der Waals surface area (Å²) in [6, 6.07) is 8.95. The quantitative estimate of drug-likeness (QED) is 0.827. The zero-order chi connectivity index (χ0) is 17.7. The smallest absolute Gasteiger partial charge is 0.264 e. The number of hydrogen-bond acceptors (Lipinski definition) is 4. The number of nitrogens with one attached hydrogen (secondary N) is 2. The molecule has 1 aliphatic heterocycles. The lowest BCUT2D eigenvalue weighted by Crippen LogP contribution is -2.58. The van der Waals surface area contributed by atoms with Gasteiger partial charge in [-0.1, -0.05) is 11.6 Å². The van der Waals surface area contributed by atoms with E-state index in [4.69, 9.17) is 16.3 Å². The second kappa shape index (κ2) is 7.89. The van der Waals surface area contributed by atoms with Gasteiger partial charge in [-0.15, -0.1) is 0 Å². The highest BCUT2D eigenvalue weighted by molar-refractivity contribution is 6.30. The largest absolute Gasteiger partial charge is 0.477 e. The van der Waals surface area contributed by atoms with Crippen molar-refractivity contribution in [1.82, 2.24) is 20.4 Å². The molecule has 1 atom stereocenters. The van der Waals surface area contributed by atoms with Crippen LogP contribution in [0.25, 0.3) is 0 Å². The fourth-order valence-corrected chi connectivity index (χ4v) is 3.15. The zero-order valence-electron chi connectivity index (χ0n) is 14.2. The molecule has 0 saturated carbocycles. The molecule has 1 fully saturated rings. The molecule has 2 heterocycles. The monoisotopic (exact) mass is 362 g/mol. The van der Waals surface area contributed by atoms with E-state index >= 15 is 0 Å². The second-order valence-corrected chi connectivity index (χ2v) is 6.84. The first-order chi connectivity index (χ1) is 12.1. The predicted octanol–water partition coefficient (Wildman–Crippen LogP) is 2.24. The predicted molar refractivity (Wildman–Crippen MR) is 96.7 cm³/mol. The van der Waals surface area contributed by atoms with Crippen LogP contribution in [0, 0.1) is 0 Å². The van der Waals surface area contributed by atoms with Gasteiger partial charge in [0.05, 0.1) is 6.54 Å². The van der Waals surface area contributed by atoms with Gasteiger partial charge >= 0.3 is 0 Å². The van der Waals surface area contributed by atoms with E-state index in [0.29, 0.717) is 30.2 Å². The van der Waals surface area contributed by atoms with E-state index in [-0.39, 0.29) is 11.9 Å². The van der Waals surface area contributed by atoms with Gasteiger partial charge in [0.15, 0.2) is 5.60 Å². The molecule has 0 spiro atoms. The average Bonchev–Trinajstić information content (AvgIpc) is 3.10. The van der Waals surface area contributed by atoms with E-state index in [0.717, 1.165) is 13.1 Å². The van der Waals surface area contributed by atoms with Crippen LogP contribution in [-0.2, 0) is 11.3 Å². The first kappa shape index (κ1) is 17.8. The van der Waals surface area contributed by atoms with E-state index in [1.807, 2.05) is 19.2 Å². The normalized spacial score (nSPS) is 17.7. The molecule has 6 nitrogen and oxygen atoms in total. The molecule has 0 radical (unpaired) electrons. The van der Waals surface area contributed by atoms with Crippen molar-refractivity contribution in [1.29, 1.82) is 0 Å². The minimum atomic E-state index is -0.864. The number of benzene rings is 1. The maximum atomic E-state index is 13.0. The molecule has 2 N–H and O–H groups in total. The van der Waals surface area contributed by atoms with Gasteiger partial charge in [0.2, 0.25) is 0 Å². The van der Waals surface area contributed by atoms with Crippen molar-refractivity contribution in [2.45, 2.75) is 38.0 Å². The Morgan fingerprint density at radius 1 is 1.40 bits per heavy atom. The summed E-state index contributed by atoms with van der Waals surface area (Å²) in [6.07, 6.45) is 4.85. The van der Waals surface area contributed by atoms with Gasteiger partial charge in [-0.05, 0) is 50.3 Å². The third-order valence-electron chi connectivity index (χ3n) is 4.35. The van der Waals surface area contributed by atoms with Crippen LogP contribution in [0.2, 0.25) is 5.02 Å². The standard InChI is InChI=1S/C18H23ClN4O2/c1-14(13-23-12-2-9-21-23)22-17(24)18(7-10-20-11-8-18)25-16-5-3-15(19)4-6-16/h2-6,9,12,14,20H,7-8,10-11,13H2,1H3,(H,22,24)/t14-/m1/s1. The Bertz CT molecular complexity index is 682. The van der Waals surface area contributed by atoms with E-state index < -0.39 is 5.60 Å². The highest BCUT2D eigenvalue weighted by atomic mass is 35.5. The molecule has 7 heteroatoms. The lowest BCUT2D eigenvalue weighted by molar-refractivity contribution is -0.140. The highest BCUT2D eigenvalue weighted by Crippen LogP contribution is 2.28. The minimum Gasteiger partial charge on any atom is -0.477 e. The summed E-state index contributed by atoms with van der Waals surface area (Å²) >= 11 is 5.94. The molecule has 1 aliphatic rings. The number of rotatable bonds is 6. The number of nitrogens with zero attached hydrogens (tertiary/aromatic N) is 2. The molecule has 2 aromatic rings. The summed E-state index contributed by atoms with van der Waals surface area (Å²) in [6.45, 7) is 4.08. The number of halogens is 1. The fraction of sp³-hybridized carbons (Fsp3) is 0.444. The summed E-state index contributed by atoms with van der Waals surface area (Å²) in [7, 11) is 0. The number of amides is 1. The lowest BCUT2D eigenvalue weighted by Gasteiger charge is -2.37. The van der Waals surface area contributed by atoms with Crippen LogP contribution >= 0.6 is 11.6 Å². The maximum absolute atomic E-state index is 13.0. The molecule has 0 bridgehead atoms. The first-order valence-electron chi connectivity index (χ1n) is 8.51. The molecule has 1 saturated heterocycles. The Morgan fingerprint density at radius 3 is 2.76 bits per heavy atom. The number of hydrogen-bond donors (Lipinski definition) is 2. The molecule has 134 valence electrons. The van der Waals surface area contributed by atoms with Gasteiger partial charge in [0.25, 0.3) is 5.91 Å². The molecular weight excluding hydrogens is 340 g/mol. The summed E-state index contributed by atoms with van der Waals surface area (Å²) in [4.78, 5) is 13.0. The Labute approximate surface area is 152 Å².